The molecular formula is C14H20F3NO2. The van der Waals surface area contributed by atoms with Crippen LogP contribution in [0.2, 0.25) is 0 Å². The average Bonchev–Trinajstić information content (AvgIpc) is 2.41. The molecule has 0 radical (unpaired) electrons. The Hall–Kier alpha value is -1.43. The topological polar surface area (TPSA) is 30.5 Å². The summed E-state index contributed by atoms with van der Waals surface area (Å²) in [5, 5.41) is 3.30. The van der Waals surface area contributed by atoms with Gasteiger partial charge in [-0.25, -0.2) is 0 Å². The van der Waals surface area contributed by atoms with E-state index in [-0.39, 0.29) is 5.75 Å². The molecule has 0 aliphatic heterocycles. The first-order valence-electron chi connectivity index (χ1n) is 6.45. The fourth-order valence-electron chi connectivity index (χ4n) is 1.54. The number of hydrogen-bond donors (Lipinski definition) is 1. The molecule has 0 spiro atoms. The fourth-order valence-corrected chi connectivity index (χ4v) is 1.54. The monoisotopic (exact) mass is 291 g/mol. The normalized spacial score (nSPS) is 13.1. The first-order valence-corrected chi connectivity index (χ1v) is 6.45. The third-order valence-electron chi connectivity index (χ3n) is 2.89. The lowest BCUT2D eigenvalue weighted by Gasteiger charge is -2.15. The van der Waals surface area contributed by atoms with Gasteiger partial charge in [0.15, 0.2) is 18.1 Å². The SMILES string of the molecule is CCC(C)NCc1ccc(OCC(F)(F)F)c(OC)c1. The van der Waals surface area contributed by atoms with Gasteiger partial charge in [-0.2, -0.15) is 13.2 Å². The lowest BCUT2D eigenvalue weighted by Crippen LogP contribution is -2.24. The Morgan fingerprint density at radius 2 is 1.95 bits per heavy atom. The summed E-state index contributed by atoms with van der Waals surface area (Å²) in [6, 6.07) is 5.28. The fraction of sp³-hybridized carbons (Fsp3) is 0.571. The summed E-state index contributed by atoms with van der Waals surface area (Å²) in [4.78, 5) is 0. The van der Waals surface area contributed by atoms with Gasteiger partial charge in [0.1, 0.15) is 0 Å². The van der Waals surface area contributed by atoms with Crippen LogP contribution >= 0.6 is 0 Å². The Balaban J connectivity index is 2.70. The molecule has 1 aromatic rings. The van der Waals surface area contributed by atoms with Crippen LogP contribution in [0.3, 0.4) is 0 Å². The highest BCUT2D eigenvalue weighted by Gasteiger charge is 2.29. The highest BCUT2D eigenvalue weighted by atomic mass is 19.4. The van der Waals surface area contributed by atoms with E-state index in [1.54, 1.807) is 12.1 Å². The molecule has 0 fully saturated rings. The largest absolute Gasteiger partial charge is 0.493 e. The van der Waals surface area contributed by atoms with Gasteiger partial charge in [0.2, 0.25) is 0 Å². The second kappa shape index (κ2) is 7.38. The highest BCUT2D eigenvalue weighted by Crippen LogP contribution is 2.29. The zero-order chi connectivity index (χ0) is 15.2. The van der Waals surface area contributed by atoms with Gasteiger partial charge < -0.3 is 14.8 Å². The molecule has 0 amide bonds. The van der Waals surface area contributed by atoms with Crippen molar-refractivity contribution in [2.75, 3.05) is 13.7 Å². The summed E-state index contributed by atoms with van der Waals surface area (Å²) in [5.41, 5.74) is 0.932. The summed E-state index contributed by atoms with van der Waals surface area (Å²) in [6.45, 7) is 3.45. The molecule has 0 aromatic heterocycles. The molecule has 0 heterocycles. The molecule has 0 saturated carbocycles. The molecule has 3 nitrogen and oxygen atoms in total. The summed E-state index contributed by atoms with van der Waals surface area (Å²) in [7, 11) is 1.40. The van der Waals surface area contributed by atoms with Crippen LogP contribution in [0.4, 0.5) is 13.2 Å². The first-order chi connectivity index (χ1) is 9.35. The third-order valence-corrected chi connectivity index (χ3v) is 2.89. The smallest absolute Gasteiger partial charge is 0.422 e. The van der Waals surface area contributed by atoms with Crippen LogP contribution in [0.15, 0.2) is 18.2 Å². The summed E-state index contributed by atoms with van der Waals surface area (Å²) >= 11 is 0. The van der Waals surface area contributed by atoms with E-state index in [4.69, 9.17) is 9.47 Å². The van der Waals surface area contributed by atoms with E-state index >= 15 is 0 Å². The number of rotatable bonds is 7. The van der Waals surface area contributed by atoms with Crippen molar-refractivity contribution in [1.82, 2.24) is 5.32 Å². The van der Waals surface area contributed by atoms with Gasteiger partial charge in [-0.05, 0) is 31.0 Å². The standard InChI is InChI=1S/C14H20F3NO2/c1-4-10(2)18-8-11-5-6-12(13(7-11)19-3)20-9-14(15,16)17/h5-7,10,18H,4,8-9H2,1-3H3. The molecule has 0 aliphatic rings. The van der Waals surface area contributed by atoms with E-state index in [1.807, 2.05) is 0 Å². The van der Waals surface area contributed by atoms with Crippen LogP contribution in [0, 0.1) is 0 Å². The van der Waals surface area contributed by atoms with E-state index in [0.717, 1.165) is 12.0 Å². The van der Waals surface area contributed by atoms with Crippen molar-refractivity contribution in [3.63, 3.8) is 0 Å². The molecule has 1 N–H and O–H groups in total. The van der Waals surface area contributed by atoms with Gasteiger partial charge in [-0.15, -0.1) is 0 Å². The summed E-state index contributed by atoms with van der Waals surface area (Å²) in [6.07, 6.45) is -3.36. The van der Waals surface area contributed by atoms with Crippen LogP contribution in [-0.4, -0.2) is 25.9 Å². The molecular weight excluding hydrogens is 271 g/mol. The Morgan fingerprint density at radius 3 is 2.50 bits per heavy atom. The van der Waals surface area contributed by atoms with Crippen molar-refractivity contribution in [1.29, 1.82) is 0 Å². The van der Waals surface area contributed by atoms with Crippen LogP contribution in [0.5, 0.6) is 11.5 Å². The molecule has 0 saturated heterocycles. The minimum atomic E-state index is -4.36. The van der Waals surface area contributed by atoms with Crippen molar-refractivity contribution >= 4 is 0 Å². The molecule has 1 unspecified atom stereocenters. The van der Waals surface area contributed by atoms with E-state index in [0.29, 0.717) is 18.3 Å². The van der Waals surface area contributed by atoms with Crippen LogP contribution in [-0.2, 0) is 6.54 Å². The lowest BCUT2D eigenvalue weighted by atomic mass is 10.1. The third kappa shape index (κ3) is 5.69. The second-order valence-corrected chi connectivity index (χ2v) is 4.58. The Labute approximate surface area is 117 Å². The van der Waals surface area contributed by atoms with Gasteiger partial charge in [-0.3, -0.25) is 0 Å². The molecule has 1 atom stereocenters. The van der Waals surface area contributed by atoms with Crippen molar-refractivity contribution < 1.29 is 22.6 Å². The van der Waals surface area contributed by atoms with Gasteiger partial charge in [0.25, 0.3) is 0 Å². The number of hydrogen-bond acceptors (Lipinski definition) is 3. The minimum absolute atomic E-state index is 0.0946. The molecule has 0 aliphatic carbocycles. The Morgan fingerprint density at radius 1 is 1.25 bits per heavy atom. The van der Waals surface area contributed by atoms with E-state index in [9.17, 15) is 13.2 Å². The van der Waals surface area contributed by atoms with Crippen LogP contribution in [0.25, 0.3) is 0 Å². The van der Waals surface area contributed by atoms with Crippen molar-refractivity contribution in [3.8, 4) is 11.5 Å². The van der Waals surface area contributed by atoms with Crippen molar-refractivity contribution in [2.24, 2.45) is 0 Å². The van der Waals surface area contributed by atoms with Crippen LogP contribution in [0.1, 0.15) is 25.8 Å². The van der Waals surface area contributed by atoms with Crippen LogP contribution < -0.4 is 14.8 Å². The second-order valence-electron chi connectivity index (χ2n) is 4.58. The molecule has 1 aromatic carbocycles. The number of methoxy groups -OCH3 is 1. The maximum atomic E-state index is 12.1. The van der Waals surface area contributed by atoms with E-state index < -0.39 is 12.8 Å². The number of ether oxygens (including phenoxy) is 2. The van der Waals surface area contributed by atoms with E-state index in [2.05, 4.69) is 19.2 Å². The first kappa shape index (κ1) is 16.6. The molecule has 20 heavy (non-hydrogen) atoms. The maximum absolute atomic E-state index is 12.1. The average molecular weight is 291 g/mol. The molecule has 114 valence electrons. The van der Waals surface area contributed by atoms with E-state index in [1.165, 1.54) is 13.2 Å². The number of nitrogens with one attached hydrogen (secondary N) is 1. The summed E-state index contributed by atoms with van der Waals surface area (Å²) < 4.78 is 46.2. The summed E-state index contributed by atoms with van der Waals surface area (Å²) in [5.74, 6) is 0.398. The zero-order valence-electron chi connectivity index (χ0n) is 11.9. The Bertz CT molecular complexity index is 421. The minimum Gasteiger partial charge on any atom is -0.493 e. The van der Waals surface area contributed by atoms with Gasteiger partial charge in [0, 0.05) is 12.6 Å². The van der Waals surface area contributed by atoms with Crippen molar-refractivity contribution in [2.45, 2.75) is 39.0 Å². The zero-order valence-corrected chi connectivity index (χ0v) is 11.9. The number of alkyl halides is 3. The van der Waals surface area contributed by atoms with Gasteiger partial charge in [-0.1, -0.05) is 13.0 Å². The molecule has 0 bridgehead atoms. The molecule has 6 heteroatoms. The van der Waals surface area contributed by atoms with Gasteiger partial charge in [0.05, 0.1) is 7.11 Å². The van der Waals surface area contributed by atoms with Gasteiger partial charge >= 0.3 is 6.18 Å². The predicted octanol–water partition coefficient (Wildman–Crippen LogP) is 3.52. The quantitative estimate of drug-likeness (QED) is 0.833. The lowest BCUT2D eigenvalue weighted by molar-refractivity contribution is -0.153. The Kier molecular flexibility index (Phi) is 6.13. The van der Waals surface area contributed by atoms with Crippen molar-refractivity contribution in [3.05, 3.63) is 23.8 Å². The maximum Gasteiger partial charge on any atom is 0.422 e. The predicted molar refractivity (Wildman–Crippen MR) is 71.1 cm³/mol. The number of benzene rings is 1. The molecule has 1 rings (SSSR count). The highest BCUT2D eigenvalue weighted by molar-refractivity contribution is 5.43. The number of halogens is 3.